The van der Waals surface area contributed by atoms with Crippen molar-refractivity contribution in [2.45, 2.75) is 39.3 Å². The van der Waals surface area contributed by atoms with E-state index in [1.807, 2.05) is 6.07 Å². The number of hydrogen-bond acceptors (Lipinski definition) is 2. The van der Waals surface area contributed by atoms with Crippen molar-refractivity contribution in [1.82, 2.24) is 5.32 Å². The monoisotopic (exact) mass is 299 g/mol. The second kappa shape index (κ2) is 5.65. The molecule has 0 aliphatic rings. The summed E-state index contributed by atoms with van der Waals surface area (Å²) in [6, 6.07) is 5.10. The molecule has 0 aliphatic heterocycles. The molecule has 17 heavy (non-hydrogen) atoms. The minimum Gasteiger partial charge on any atom is -0.478 e. The normalized spacial score (nSPS) is 11.5. The average Bonchev–Trinajstić information content (AvgIpc) is 2.27. The molecule has 4 heteroatoms. The van der Waals surface area contributed by atoms with E-state index in [0.717, 1.165) is 23.0 Å². The van der Waals surface area contributed by atoms with E-state index in [1.54, 1.807) is 12.1 Å². The smallest absolute Gasteiger partial charge is 0.335 e. The van der Waals surface area contributed by atoms with E-state index in [4.69, 9.17) is 5.11 Å². The summed E-state index contributed by atoms with van der Waals surface area (Å²) in [5.74, 6) is -0.904. The van der Waals surface area contributed by atoms with Crippen LogP contribution >= 0.6 is 15.9 Å². The molecular formula is C13H18BrNO2. The zero-order chi connectivity index (χ0) is 13.1. The van der Waals surface area contributed by atoms with Gasteiger partial charge in [0, 0.05) is 16.6 Å². The maximum Gasteiger partial charge on any atom is 0.335 e. The Morgan fingerprint density at radius 2 is 2.12 bits per heavy atom. The molecule has 0 aliphatic carbocycles. The second-order valence-electron chi connectivity index (χ2n) is 4.70. The maximum atomic E-state index is 10.8. The van der Waals surface area contributed by atoms with Crippen LogP contribution in [0.3, 0.4) is 0 Å². The lowest BCUT2D eigenvalue weighted by atomic mass is 10.0. The fraction of sp³-hybridized carbons (Fsp3) is 0.462. The summed E-state index contributed by atoms with van der Waals surface area (Å²) in [4.78, 5) is 10.8. The van der Waals surface area contributed by atoms with Gasteiger partial charge < -0.3 is 10.4 Å². The second-order valence-corrected chi connectivity index (χ2v) is 5.56. The Hall–Kier alpha value is -0.870. The van der Waals surface area contributed by atoms with Crippen LogP contribution in [-0.2, 0) is 6.54 Å². The number of benzene rings is 1. The Balaban J connectivity index is 2.77. The molecule has 2 N–H and O–H groups in total. The van der Waals surface area contributed by atoms with E-state index in [-0.39, 0.29) is 5.54 Å². The van der Waals surface area contributed by atoms with E-state index < -0.39 is 5.97 Å². The third-order valence-electron chi connectivity index (χ3n) is 2.94. The van der Waals surface area contributed by atoms with Crippen molar-refractivity contribution in [2.24, 2.45) is 0 Å². The minimum absolute atomic E-state index is 0.0882. The topological polar surface area (TPSA) is 49.3 Å². The number of aromatic carboxylic acids is 1. The Kier molecular flexibility index (Phi) is 4.71. The van der Waals surface area contributed by atoms with Gasteiger partial charge >= 0.3 is 5.97 Å². The first kappa shape index (κ1) is 14.2. The quantitative estimate of drug-likeness (QED) is 0.876. The number of halogens is 1. The Morgan fingerprint density at radius 3 is 2.59 bits per heavy atom. The lowest BCUT2D eigenvalue weighted by Crippen LogP contribution is -2.37. The van der Waals surface area contributed by atoms with Gasteiger partial charge in [0.2, 0.25) is 0 Å². The van der Waals surface area contributed by atoms with Gasteiger partial charge in [-0.05, 0) is 38.0 Å². The van der Waals surface area contributed by atoms with Crippen LogP contribution in [0.1, 0.15) is 43.1 Å². The van der Waals surface area contributed by atoms with Gasteiger partial charge in [0.1, 0.15) is 0 Å². The highest BCUT2D eigenvalue weighted by Gasteiger charge is 2.14. The molecule has 94 valence electrons. The molecule has 0 saturated carbocycles. The largest absolute Gasteiger partial charge is 0.478 e. The van der Waals surface area contributed by atoms with Crippen molar-refractivity contribution in [3.05, 3.63) is 33.8 Å². The van der Waals surface area contributed by atoms with Gasteiger partial charge in [0.25, 0.3) is 0 Å². The zero-order valence-corrected chi connectivity index (χ0v) is 12.0. The lowest BCUT2D eigenvalue weighted by Gasteiger charge is -2.25. The fourth-order valence-electron chi connectivity index (χ4n) is 1.28. The minimum atomic E-state index is -0.904. The molecular weight excluding hydrogens is 282 g/mol. The molecule has 0 amide bonds. The van der Waals surface area contributed by atoms with Crippen molar-refractivity contribution < 1.29 is 9.90 Å². The van der Waals surface area contributed by atoms with E-state index in [1.165, 1.54) is 0 Å². The Morgan fingerprint density at radius 1 is 1.47 bits per heavy atom. The van der Waals surface area contributed by atoms with Crippen molar-refractivity contribution in [3.8, 4) is 0 Å². The summed E-state index contributed by atoms with van der Waals surface area (Å²) in [5, 5.41) is 12.3. The number of carbonyl (C=O) groups is 1. The highest BCUT2D eigenvalue weighted by Crippen LogP contribution is 2.20. The summed E-state index contributed by atoms with van der Waals surface area (Å²) in [5.41, 5.74) is 1.46. The van der Waals surface area contributed by atoms with Crippen molar-refractivity contribution in [3.63, 3.8) is 0 Å². The predicted molar refractivity (Wildman–Crippen MR) is 72.3 cm³/mol. The van der Waals surface area contributed by atoms with Gasteiger partial charge in [-0.3, -0.25) is 0 Å². The zero-order valence-electron chi connectivity index (χ0n) is 10.4. The predicted octanol–water partition coefficient (Wildman–Crippen LogP) is 3.43. The molecule has 1 aromatic rings. The molecule has 0 bridgehead atoms. The number of carboxylic acids is 1. The molecule has 0 fully saturated rings. The molecule has 0 saturated heterocycles. The summed E-state index contributed by atoms with van der Waals surface area (Å²) in [6.45, 7) is 7.15. The molecule has 3 nitrogen and oxygen atoms in total. The summed E-state index contributed by atoms with van der Waals surface area (Å²) < 4.78 is 0.830. The van der Waals surface area contributed by atoms with Gasteiger partial charge in [0.05, 0.1) is 5.56 Å². The van der Waals surface area contributed by atoms with Crippen LogP contribution in [0.5, 0.6) is 0 Å². The van der Waals surface area contributed by atoms with E-state index in [2.05, 4.69) is 42.0 Å². The van der Waals surface area contributed by atoms with Crippen LogP contribution in [0.15, 0.2) is 22.7 Å². The highest BCUT2D eigenvalue weighted by atomic mass is 79.9. The van der Waals surface area contributed by atoms with Crippen molar-refractivity contribution >= 4 is 21.9 Å². The first-order chi connectivity index (χ1) is 7.85. The summed E-state index contributed by atoms with van der Waals surface area (Å²) in [6.07, 6.45) is 1.04. The first-order valence-electron chi connectivity index (χ1n) is 5.62. The molecule has 0 atom stereocenters. The summed E-state index contributed by atoms with van der Waals surface area (Å²) in [7, 11) is 0. The molecule has 1 aromatic carbocycles. The van der Waals surface area contributed by atoms with Crippen molar-refractivity contribution in [1.29, 1.82) is 0 Å². The summed E-state index contributed by atoms with van der Waals surface area (Å²) >= 11 is 3.40. The Bertz CT molecular complexity index is 416. The molecule has 0 aromatic heterocycles. The van der Waals surface area contributed by atoms with Gasteiger partial charge in [-0.25, -0.2) is 4.79 Å². The van der Waals surface area contributed by atoms with Crippen LogP contribution in [0.25, 0.3) is 0 Å². The van der Waals surface area contributed by atoms with Crippen molar-refractivity contribution in [2.75, 3.05) is 0 Å². The molecule has 0 unspecified atom stereocenters. The number of rotatable bonds is 5. The molecule has 0 radical (unpaired) electrons. The standard InChI is InChI=1S/C13H18BrNO2/c1-4-13(2,3)15-8-10-6-5-9(12(16)17)7-11(10)14/h5-7,15H,4,8H2,1-3H3,(H,16,17). The van der Waals surface area contributed by atoms with Crippen LogP contribution < -0.4 is 5.32 Å². The van der Waals surface area contributed by atoms with Gasteiger partial charge in [-0.1, -0.05) is 28.9 Å². The lowest BCUT2D eigenvalue weighted by molar-refractivity contribution is 0.0697. The van der Waals surface area contributed by atoms with E-state index >= 15 is 0 Å². The maximum absolute atomic E-state index is 10.8. The van der Waals surface area contributed by atoms with Crippen LogP contribution in [0, 0.1) is 0 Å². The highest BCUT2D eigenvalue weighted by molar-refractivity contribution is 9.10. The Labute approximate surface area is 110 Å². The number of hydrogen-bond donors (Lipinski definition) is 2. The van der Waals surface area contributed by atoms with E-state index in [0.29, 0.717) is 5.56 Å². The third-order valence-corrected chi connectivity index (χ3v) is 3.68. The number of nitrogens with one attached hydrogen (secondary N) is 1. The van der Waals surface area contributed by atoms with Crippen LogP contribution in [0.4, 0.5) is 0 Å². The van der Waals surface area contributed by atoms with Crippen LogP contribution in [-0.4, -0.2) is 16.6 Å². The third kappa shape index (κ3) is 4.13. The SMILES string of the molecule is CCC(C)(C)NCc1ccc(C(=O)O)cc1Br. The molecule has 0 heterocycles. The molecule has 1 rings (SSSR count). The number of carboxylic acid groups (broad SMARTS) is 1. The van der Waals surface area contributed by atoms with Crippen LogP contribution in [0.2, 0.25) is 0 Å². The van der Waals surface area contributed by atoms with Gasteiger partial charge in [-0.15, -0.1) is 0 Å². The average molecular weight is 300 g/mol. The van der Waals surface area contributed by atoms with Gasteiger partial charge in [0.15, 0.2) is 0 Å². The first-order valence-corrected chi connectivity index (χ1v) is 6.42. The molecule has 0 spiro atoms. The van der Waals surface area contributed by atoms with Gasteiger partial charge in [-0.2, -0.15) is 0 Å². The van der Waals surface area contributed by atoms with E-state index in [9.17, 15) is 4.79 Å². The fourth-order valence-corrected chi connectivity index (χ4v) is 1.80.